The van der Waals surface area contributed by atoms with Crippen LogP contribution in [0.3, 0.4) is 0 Å². The van der Waals surface area contributed by atoms with Gasteiger partial charge < -0.3 is 5.11 Å². The zero-order valence-electron chi connectivity index (χ0n) is 6.60. The lowest BCUT2D eigenvalue weighted by atomic mass is 10.2. The Kier molecular flexibility index (Phi) is 2.77. The standard InChI is InChI=1S/C8H8F3NO/c9-8(10,11)12-5-6-3-1-2-4-7(6)13/h1-4,12-13H,5H2. The average Bonchev–Trinajstić information content (AvgIpc) is 2.01. The van der Waals surface area contributed by atoms with Crippen LogP contribution in [-0.2, 0) is 6.54 Å². The Balaban J connectivity index is 2.60. The quantitative estimate of drug-likeness (QED) is 0.701. The van der Waals surface area contributed by atoms with Gasteiger partial charge in [-0.05, 0) is 6.07 Å². The van der Waals surface area contributed by atoms with Gasteiger partial charge in [-0.3, -0.25) is 0 Å². The number of para-hydroxylation sites is 1. The van der Waals surface area contributed by atoms with Gasteiger partial charge in [0.25, 0.3) is 0 Å². The van der Waals surface area contributed by atoms with Gasteiger partial charge in [0.2, 0.25) is 0 Å². The van der Waals surface area contributed by atoms with Crippen molar-refractivity contribution in [3.05, 3.63) is 29.8 Å². The van der Waals surface area contributed by atoms with Crippen molar-refractivity contribution >= 4 is 0 Å². The largest absolute Gasteiger partial charge is 0.508 e. The Morgan fingerprint density at radius 3 is 2.38 bits per heavy atom. The van der Waals surface area contributed by atoms with Crippen molar-refractivity contribution in [2.75, 3.05) is 0 Å². The van der Waals surface area contributed by atoms with Crippen molar-refractivity contribution in [3.63, 3.8) is 0 Å². The molecule has 2 nitrogen and oxygen atoms in total. The summed E-state index contributed by atoms with van der Waals surface area (Å²) in [5.74, 6) is -0.140. The van der Waals surface area contributed by atoms with Crippen LogP contribution in [0, 0.1) is 0 Å². The van der Waals surface area contributed by atoms with E-state index in [-0.39, 0.29) is 11.3 Å². The molecule has 1 aromatic rings. The summed E-state index contributed by atoms with van der Waals surface area (Å²) in [5.41, 5.74) is 0.222. The van der Waals surface area contributed by atoms with E-state index in [1.54, 1.807) is 12.1 Å². The average molecular weight is 191 g/mol. The van der Waals surface area contributed by atoms with Crippen LogP contribution in [0.15, 0.2) is 24.3 Å². The number of aromatic hydroxyl groups is 1. The fourth-order valence-corrected chi connectivity index (χ4v) is 0.856. The topological polar surface area (TPSA) is 32.3 Å². The Hall–Kier alpha value is -1.23. The second-order valence-corrected chi connectivity index (χ2v) is 2.48. The number of hydrogen-bond acceptors (Lipinski definition) is 2. The molecule has 0 fully saturated rings. The molecule has 0 radical (unpaired) electrons. The van der Waals surface area contributed by atoms with Crippen molar-refractivity contribution < 1.29 is 18.3 Å². The first-order chi connectivity index (χ1) is 5.99. The van der Waals surface area contributed by atoms with Crippen LogP contribution in [0.2, 0.25) is 0 Å². The Morgan fingerprint density at radius 1 is 1.23 bits per heavy atom. The lowest BCUT2D eigenvalue weighted by Crippen LogP contribution is -2.30. The predicted molar refractivity (Wildman–Crippen MR) is 41.0 cm³/mol. The lowest BCUT2D eigenvalue weighted by molar-refractivity contribution is -0.158. The molecule has 0 saturated heterocycles. The molecule has 0 atom stereocenters. The fraction of sp³-hybridized carbons (Fsp3) is 0.250. The van der Waals surface area contributed by atoms with E-state index < -0.39 is 12.8 Å². The van der Waals surface area contributed by atoms with Gasteiger partial charge in [0.1, 0.15) is 5.75 Å². The number of hydrogen-bond donors (Lipinski definition) is 2. The van der Waals surface area contributed by atoms with E-state index in [0.717, 1.165) is 0 Å². The molecule has 0 amide bonds. The van der Waals surface area contributed by atoms with Gasteiger partial charge >= 0.3 is 6.30 Å². The zero-order valence-corrected chi connectivity index (χ0v) is 6.60. The summed E-state index contributed by atoms with van der Waals surface area (Å²) in [6.45, 7) is -0.420. The lowest BCUT2D eigenvalue weighted by Gasteiger charge is -2.08. The minimum absolute atomic E-state index is 0.140. The summed E-state index contributed by atoms with van der Waals surface area (Å²) in [4.78, 5) is 0. The highest BCUT2D eigenvalue weighted by atomic mass is 19.4. The molecule has 72 valence electrons. The molecule has 0 aliphatic carbocycles. The van der Waals surface area contributed by atoms with Crippen molar-refractivity contribution in [2.45, 2.75) is 12.8 Å². The number of halogens is 3. The molecular formula is C8H8F3NO. The molecule has 0 saturated carbocycles. The Labute approximate surface area is 73.0 Å². The Bertz CT molecular complexity index is 285. The third kappa shape index (κ3) is 3.33. The molecule has 0 bridgehead atoms. The molecule has 13 heavy (non-hydrogen) atoms. The van der Waals surface area contributed by atoms with E-state index in [0.29, 0.717) is 0 Å². The summed E-state index contributed by atoms with van der Waals surface area (Å²) >= 11 is 0. The summed E-state index contributed by atoms with van der Waals surface area (Å²) in [5, 5.41) is 10.4. The second-order valence-electron chi connectivity index (χ2n) is 2.48. The number of phenols is 1. The monoisotopic (exact) mass is 191 g/mol. The van der Waals surface area contributed by atoms with Crippen molar-refractivity contribution in [1.29, 1.82) is 0 Å². The molecule has 0 spiro atoms. The Morgan fingerprint density at radius 2 is 1.85 bits per heavy atom. The van der Waals surface area contributed by atoms with Gasteiger partial charge in [-0.2, -0.15) is 13.2 Å². The second kappa shape index (κ2) is 3.66. The SMILES string of the molecule is Oc1ccccc1CNC(F)(F)F. The van der Waals surface area contributed by atoms with Crippen LogP contribution < -0.4 is 5.32 Å². The number of nitrogens with one attached hydrogen (secondary N) is 1. The van der Waals surface area contributed by atoms with E-state index in [2.05, 4.69) is 0 Å². The van der Waals surface area contributed by atoms with Gasteiger partial charge in [-0.1, -0.05) is 18.2 Å². The first-order valence-electron chi connectivity index (χ1n) is 3.58. The minimum atomic E-state index is -4.41. The number of benzene rings is 1. The predicted octanol–water partition coefficient (Wildman–Crippen LogP) is 2.00. The fourth-order valence-electron chi connectivity index (χ4n) is 0.856. The molecule has 5 heteroatoms. The molecule has 0 aliphatic rings. The molecular weight excluding hydrogens is 183 g/mol. The van der Waals surface area contributed by atoms with Crippen LogP contribution in [-0.4, -0.2) is 11.4 Å². The summed E-state index contributed by atoms with van der Waals surface area (Å²) in [7, 11) is 0. The first-order valence-corrected chi connectivity index (χ1v) is 3.58. The maximum absolute atomic E-state index is 11.7. The van der Waals surface area contributed by atoms with Gasteiger partial charge in [0.15, 0.2) is 0 Å². The van der Waals surface area contributed by atoms with Crippen molar-refractivity contribution in [1.82, 2.24) is 5.32 Å². The zero-order chi connectivity index (χ0) is 9.90. The third-order valence-corrected chi connectivity index (χ3v) is 1.47. The van der Waals surface area contributed by atoms with E-state index in [4.69, 9.17) is 5.11 Å². The molecule has 1 aromatic carbocycles. The third-order valence-electron chi connectivity index (χ3n) is 1.47. The van der Waals surface area contributed by atoms with E-state index in [9.17, 15) is 13.2 Å². The number of rotatable bonds is 2. The maximum atomic E-state index is 11.7. The minimum Gasteiger partial charge on any atom is -0.508 e. The highest BCUT2D eigenvalue weighted by Gasteiger charge is 2.26. The van der Waals surface area contributed by atoms with Crippen molar-refractivity contribution in [2.24, 2.45) is 0 Å². The first kappa shape index (κ1) is 9.85. The molecule has 0 unspecified atom stereocenters. The molecule has 2 N–H and O–H groups in total. The van der Waals surface area contributed by atoms with Gasteiger partial charge in [0, 0.05) is 12.1 Å². The van der Waals surface area contributed by atoms with Crippen LogP contribution in [0.5, 0.6) is 5.75 Å². The summed E-state index contributed by atoms with van der Waals surface area (Å²) in [6.07, 6.45) is -4.41. The maximum Gasteiger partial charge on any atom is 0.457 e. The van der Waals surface area contributed by atoms with Crippen LogP contribution in [0.1, 0.15) is 5.56 Å². The molecule has 1 rings (SSSR count). The molecule has 0 aromatic heterocycles. The van der Waals surface area contributed by atoms with E-state index in [1.807, 2.05) is 0 Å². The summed E-state index contributed by atoms with van der Waals surface area (Å²) in [6, 6.07) is 5.88. The van der Waals surface area contributed by atoms with Gasteiger partial charge in [-0.25, -0.2) is 5.32 Å². The van der Waals surface area contributed by atoms with Crippen LogP contribution >= 0.6 is 0 Å². The van der Waals surface area contributed by atoms with Gasteiger partial charge in [-0.15, -0.1) is 0 Å². The highest BCUT2D eigenvalue weighted by Crippen LogP contribution is 2.17. The van der Waals surface area contributed by atoms with Gasteiger partial charge in [0.05, 0.1) is 0 Å². The smallest absolute Gasteiger partial charge is 0.457 e. The van der Waals surface area contributed by atoms with Crippen LogP contribution in [0.25, 0.3) is 0 Å². The highest BCUT2D eigenvalue weighted by molar-refractivity contribution is 5.31. The summed E-state index contributed by atoms with van der Waals surface area (Å²) < 4.78 is 35.0. The van der Waals surface area contributed by atoms with E-state index >= 15 is 0 Å². The van der Waals surface area contributed by atoms with Crippen LogP contribution in [0.4, 0.5) is 13.2 Å². The normalized spacial score (nSPS) is 11.6. The number of alkyl halides is 3. The van der Waals surface area contributed by atoms with E-state index in [1.165, 1.54) is 17.4 Å². The molecule has 0 aliphatic heterocycles. The molecule has 0 heterocycles. The number of phenolic OH excluding ortho intramolecular Hbond substituents is 1. The van der Waals surface area contributed by atoms with Crippen molar-refractivity contribution in [3.8, 4) is 5.75 Å².